The molecule has 6 nitrogen and oxygen atoms in total. The van der Waals surface area contributed by atoms with Gasteiger partial charge in [-0.2, -0.15) is 0 Å². The lowest BCUT2D eigenvalue weighted by atomic mass is 9.92. The lowest BCUT2D eigenvalue weighted by molar-refractivity contribution is -0.121. The second-order valence-corrected chi connectivity index (χ2v) is 6.63. The molecule has 0 unspecified atom stereocenters. The number of carbonyl (C=O) groups excluding carboxylic acids is 1. The number of ether oxygens (including phenoxy) is 2. The zero-order valence-corrected chi connectivity index (χ0v) is 14.3. The van der Waals surface area contributed by atoms with Crippen LogP contribution in [-0.4, -0.2) is 25.1 Å². The Morgan fingerprint density at radius 3 is 2.87 bits per heavy atom. The van der Waals surface area contributed by atoms with Gasteiger partial charge in [-0.3, -0.25) is 4.79 Å². The van der Waals surface area contributed by atoms with E-state index in [0.29, 0.717) is 28.2 Å². The lowest BCUT2D eigenvalue weighted by Gasteiger charge is -2.19. The van der Waals surface area contributed by atoms with Gasteiger partial charge in [0.1, 0.15) is 0 Å². The average Bonchev–Trinajstić information content (AvgIpc) is 2.83. The topological polar surface area (TPSA) is 86.5 Å². The fraction of sp³-hybridized carbons (Fsp3) is 0.333. The van der Waals surface area contributed by atoms with Crippen LogP contribution in [0.3, 0.4) is 0 Å². The first-order valence-corrected chi connectivity index (χ1v) is 8.16. The van der Waals surface area contributed by atoms with Crippen LogP contribution in [0.15, 0.2) is 12.1 Å². The molecule has 1 aromatic heterocycles. The minimum Gasteiger partial charge on any atom is -0.493 e. The van der Waals surface area contributed by atoms with Crippen LogP contribution in [0.25, 0.3) is 0 Å². The van der Waals surface area contributed by atoms with E-state index in [9.17, 15) is 4.79 Å². The van der Waals surface area contributed by atoms with Crippen LogP contribution >= 0.6 is 22.9 Å². The van der Waals surface area contributed by atoms with E-state index in [1.54, 1.807) is 26.4 Å². The Labute approximate surface area is 142 Å². The van der Waals surface area contributed by atoms with E-state index in [1.165, 1.54) is 11.3 Å². The van der Waals surface area contributed by atoms with Crippen molar-refractivity contribution >= 4 is 34.0 Å². The standard InChI is InChI=1S/C15H16ClN3O3S/c1-21-11-4-7(16)3-8(13(11)22-2)9-5-12(20)18-6-10-14(9)23-15(17)19-10/h3-4,9H,5-6H2,1-2H3,(H2,17,19)(H,18,20)/t9-/m0/s1. The number of anilines is 1. The highest BCUT2D eigenvalue weighted by Gasteiger charge is 2.31. The normalized spacial score (nSPS) is 17.2. The van der Waals surface area contributed by atoms with Crippen LogP contribution in [0.5, 0.6) is 11.5 Å². The molecule has 1 aliphatic rings. The summed E-state index contributed by atoms with van der Waals surface area (Å²) in [4.78, 5) is 17.4. The fourth-order valence-electron chi connectivity index (χ4n) is 2.78. The van der Waals surface area contributed by atoms with Crippen molar-refractivity contribution in [1.82, 2.24) is 10.3 Å². The zero-order valence-electron chi connectivity index (χ0n) is 12.7. The number of nitrogens with zero attached hydrogens (tertiary/aromatic N) is 1. The summed E-state index contributed by atoms with van der Waals surface area (Å²) in [6.07, 6.45) is 0.272. The minimum absolute atomic E-state index is 0.0558. The van der Waals surface area contributed by atoms with Gasteiger partial charge in [-0.1, -0.05) is 11.6 Å². The van der Waals surface area contributed by atoms with Crippen LogP contribution in [0.4, 0.5) is 5.13 Å². The number of nitrogens with two attached hydrogens (primary N) is 1. The van der Waals surface area contributed by atoms with Crippen molar-refractivity contribution < 1.29 is 14.3 Å². The number of thiazole rings is 1. The Balaban J connectivity index is 2.19. The molecule has 2 heterocycles. The number of carbonyl (C=O) groups is 1. The average molecular weight is 354 g/mol. The number of amides is 1. The third-order valence-corrected chi connectivity index (χ3v) is 5.01. The van der Waals surface area contributed by atoms with Crippen molar-refractivity contribution in [2.45, 2.75) is 18.9 Å². The maximum Gasteiger partial charge on any atom is 0.221 e. The van der Waals surface area contributed by atoms with Gasteiger partial charge in [0.25, 0.3) is 0 Å². The molecule has 0 saturated carbocycles. The summed E-state index contributed by atoms with van der Waals surface area (Å²) in [5.74, 6) is 0.804. The predicted octanol–water partition coefficient (Wildman–Crippen LogP) is 2.55. The summed E-state index contributed by atoms with van der Waals surface area (Å²) in [5, 5.41) is 3.83. The summed E-state index contributed by atoms with van der Waals surface area (Å²) in [5.41, 5.74) is 7.43. The Hall–Kier alpha value is -1.99. The molecule has 3 N–H and O–H groups in total. The molecular formula is C15H16ClN3O3S. The van der Waals surface area contributed by atoms with Crippen molar-refractivity contribution in [2.75, 3.05) is 20.0 Å². The van der Waals surface area contributed by atoms with Gasteiger partial charge < -0.3 is 20.5 Å². The number of methoxy groups -OCH3 is 2. The zero-order chi connectivity index (χ0) is 16.6. The minimum atomic E-state index is -0.232. The maximum absolute atomic E-state index is 12.1. The van der Waals surface area contributed by atoms with Gasteiger partial charge in [0.15, 0.2) is 16.6 Å². The number of benzene rings is 1. The van der Waals surface area contributed by atoms with E-state index in [4.69, 9.17) is 26.8 Å². The van der Waals surface area contributed by atoms with E-state index in [2.05, 4.69) is 10.3 Å². The number of halogens is 1. The van der Waals surface area contributed by atoms with Gasteiger partial charge in [-0.05, 0) is 6.07 Å². The molecule has 0 fully saturated rings. The van der Waals surface area contributed by atoms with Gasteiger partial charge in [0.2, 0.25) is 5.91 Å². The number of nitrogens with one attached hydrogen (secondary N) is 1. The lowest BCUT2D eigenvalue weighted by Crippen LogP contribution is -2.21. The summed E-state index contributed by atoms with van der Waals surface area (Å²) in [6, 6.07) is 3.48. The molecule has 1 atom stereocenters. The highest BCUT2D eigenvalue weighted by Crippen LogP contribution is 2.45. The molecule has 1 aromatic carbocycles. The Morgan fingerprint density at radius 2 is 2.17 bits per heavy atom. The largest absolute Gasteiger partial charge is 0.493 e. The van der Waals surface area contributed by atoms with E-state index in [-0.39, 0.29) is 18.2 Å². The quantitative estimate of drug-likeness (QED) is 0.885. The van der Waals surface area contributed by atoms with Crippen LogP contribution in [0, 0.1) is 0 Å². The third-order valence-electron chi connectivity index (χ3n) is 3.75. The molecule has 0 bridgehead atoms. The molecule has 0 spiro atoms. The molecule has 8 heteroatoms. The van der Waals surface area contributed by atoms with Gasteiger partial charge >= 0.3 is 0 Å². The number of nitrogen functional groups attached to an aromatic ring is 1. The number of hydrogen-bond donors (Lipinski definition) is 2. The van der Waals surface area contributed by atoms with Gasteiger partial charge in [-0.15, -0.1) is 11.3 Å². The predicted molar refractivity (Wildman–Crippen MR) is 89.4 cm³/mol. The van der Waals surface area contributed by atoms with E-state index in [0.717, 1.165) is 16.1 Å². The second kappa shape index (κ2) is 6.25. The van der Waals surface area contributed by atoms with Crippen LogP contribution in [0.2, 0.25) is 5.02 Å². The monoisotopic (exact) mass is 353 g/mol. The van der Waals surface area contributed by atoms with E-state index < -0.39 is 0 Å². The summed E-state index contributed by atoms with van der Waals surface area (Å²) in [6.45, 7) is 0.373. The molecule has 0 radical (unpaired) electrons. The van der Waals surface area contributed by atoms with Crippen molar-refractivity contribution in [1.29, 1.82) is 0 Å². The first-order chi connectivity index (χ1) is 11.0. The van der Waals surface area contributed by atoms with Crippen molar-refractivity contribution in [3.05, 3.63) is 33.3 Å². The van der Waals surface area contributed by atoms with Gasteiger partial charge in [0.05, 0.1) is 26.5 Å². The molecule has 0 saturated heterocycles. The van der Waals surface area contributed by atoms with Gasteiger partial charge in [-0.25, -0.2) is 4.98 Å². The second-order valence-electron chi connectivity index (χ2n) is 5.13. The molecule has 1 aliphatic heterocycles. The van der Waals surface area contributed by atoms with Gasteiger partial charge in [0, 0.05) is 33.9 Å². The number of hydrogen-bond acceptors (Lipinski definition) is 6. The van der Waals surface area contributed by atoms with Crippen molar-refractivity contribution in [3.63, 3.8) is 0 Å². The molecular weight excluding hydrogens is 338 g/mol. The van der Waals surface area contributed by atoms with E-state index in [1.807, 2.05) is 0 Å². The van der Waals surface area contributed by atoms with Crippen LogP contribution < -0.4 is 20.5 Å². The Kier molecular flexibility index (Phi) is 4.32. The number of aromatic nitrogens is 1. The maximum atomic E-state index is 12.1. The molecule has 0 aliphatic carbocycles. The molecule has 1 amide bonds. The Bertz CT molecular complexity index is 763. The molecule has 23 heavy (non-hydrogen) atoms. The number of fused-ring (bicyclic) bond motifs is 1. The first-order valence-electron chi connectivity index (χ1n) is 6.96. The SMILES string of the molecule is COc1cc(Cl)cc([C@@H]2CC(=O)NCc3nc(N)sc32)c1OC. The highest BCUT2D eigenvalue weighted by atomic mass is 35.5. The summed E-state index contributed by atoms with van der Waals surface area (Å²) >= 11 is 7.60. The first kappa shape index (κ1) is 15.9. The molecule has 122 valence electrons. The van der Waals surface area contributed by atoms with Crippen molar-refractivity contribution in [3.8, 4) is 11.5 Å². The summed E-state index contributed by atoms with van der Waals surface area (Å²) in [7, 11) is 3.11. The fourth-order valence-corrected chi connectivity index (χ4v) is 3.97. The molecule has 3 rings (SSSR count). The Morgan fingerprint density at radius 1 is 1.39 bits per heavy atom. The smallest absolute Gasteiger partial charge is 0.221 e. The van der Waals surface area contributed by atoms with Crippen LogP contribution in [-0.2, 0) is 11.3 Å². The molecule has 2 aromatic rings. The third kappa shape index (κ3) is 2.94. The highest BCUT2D eigenvalue weighted by molar-refractivity contribution is 7.15. The van der Waals surface area contributed by atoms with E-state index >= 15 is 0 Å². The van der Waals surface area contributed by atoms with Crippen LogP contribution in [0.1, 0.15) is 28.5 Å². The van der Waals surface area contributed by atoms with Crippen molar-refractivity contribution in [2.24, 2.45) is 0 Å². The number of rotatable bonds is 3. The summed E-state index contributed by atoms with van der Waals surface area (Å²) < 4.78 is 10.9.